The first kappa shape index (κ1) is 14.1. The van der Waals surface area contributed by atoms with Crippen LogP contribution in [0.5, 0.6) is 5.88 Å². The number of benzene rings is 1. The average molecular weight is 295 g/mol. The second kappa shape index (κ2) is 5.75. The summed E-state index contributed by atoms with van der Waals surface area (Å²) in [5.74, 6) is -1.03. The smallest absolute Gasteiger partial charge is 0.358 e. The third-order valence-electron chi connectivity index (χ3n) is 2.51. The van der Waals surface area contributed by atoms with Crippen molar-refractivity contribution in [2.24, 2.45) is 7.05 Å². The van der Waals surface area contributed by atoms with E-state index in [9.17, 15) is 9.59 Å². The minimum Gasteiger partial charge on any atom is -0.464 e. The standard InChI is InChI=1S/C13H11ClN2O4/c1-16-11(7-10(15-16)13(18)19-2)20-12(17)8-3-5-9(14)6-4-8/h3-7H,1-2H3. The summed E-state index contributed by atoms with van der Waals surface area (Å²) in [6.07, 6.45) is 0. The molecule has 0 unspecified atom stereocenters. The molecule has 0 saturated carbocycles. The number of nitrogens with zero attached hydrogens (tertiary/aromatic N) is 2. The number of aromatic nitrogens is 2. The number of aryl methyl sites for hydroxylation is 1. The Kier molecular flexibility index (Phi) is 4.05. The number of hydrogen-bond acceptors (Lipinski definition) is 5. The molecule has 0 aliphatic carbocycles. The first-order valence-electron chi connectivity index (χ1n) is 5.61. The van der Waals surface area contributed by atoms with Crippen molar-refractivity contribution in [1.82, 2.24) is 9.78 Å². The topological polar surface area (TPSA) is 70.4 Å². The maximum Gasteiger partial charge on any atom is 0.358 e. The van der Waals surface area contributed by atoms with E-state index in [0.29, 0.717) is 10.6 Å². The van der Waals surface area contributed by atoms with Crippen LogP contribution >= 0.6 is 11.6 Å². The highest BCUT2D eigenvalue weighted by Gasteiger charge is 2.17. The summed E-state index contributed by atoms with van der Waals surface area (Å²) in [5, 5.41) is 4.41. The predicted octanol–water partition coefficient (Wildman–Crippen LogP) is 2.08. The highest BCUT2D eigenvalue weighted by molar-refractivity contribution is 6.30. The van der Waals surface area contributed by atoms with Crippen molar-refractivity contribution in [3.8, 4) is 5.88 Å². The van der Waals surface area contributed by atoms with Gasteiger partial charge in [0.2, 0.25) is 5.88 Å². The van der Waals surface area contributed by atoms with Crippen LogP contribution in [-0.4, -0.2) is 28.8 Å². The fourth-order valence-corrected chi connectivity index (χ4v) is 1.62. The Hall–Kier alpha value is -2.34. The van der Waals surface area contributed by atoms with Crippen molar-refractivity contribution in [1.29, 1.82) is 0 Å². The van der Waals surface area contributed by atoms with Crippen LogP contribution in [0.3, 0.4) is 0 Å². The van der Waals surface area contributed by atoms with Gasteiger partial charge in [0.1, 0.15) is 0 Å². The minimum absolute atomic E-state index is 0.0638. The van der Waals surface area contributed by atoms with E-state index in [2.05, 4.69) is 9.84 Å². The monoisotopic (exact) mass is 294 g/mol. The molecular weight excluding hydrogens is 284 g/mol. The van der Waals surface area contributed by atoms with Gasteiger partial charge in [0, 0.05) is 18.1 Å². The summed E-state index contributed by atoms with van der Waals surface area (Å²) in [7, 11) is 2.80. The molecular formula is C13H11ClN2O4. The molecule has 0 atom stereocenters. The number of carbonyl (C=O) groups excluding carboxylic acids is 2. The van der Waals surface area contributed by atoms with Crippen LogP contribution in [0, 0.1) is 0 Å². The van der Waals surface area contributed by atoms with Crippen molar-refractivity contribution in [2.75, 3.05) is 7.11 Å². The lowest BCUT2D eigenvalue weighted by Crippen LogP contribution is -2.10. The molecule has 0 bridgehead atoms. The first-order valence-corrected chi connectivity index (χ1v) is 5.99. The van der Waals surface area contributed by atoms with E-state index >= 15 is 0 Å². The van der Waals surface area contributed by atoms with Gasteiger partial charge in [0.25, 0.3) is 0 Å². The summed E-state index contributed by atoms with van der Waals surface area (Å²) in [4.78, 5) is 23.2. The van der Waals surface area contributed by atoms with Crippen LogP contribution < -0.4 is 4.74 Å². The summed E-state index contributed by atoms with van der Waals surface area (Å²) < 4.78 is 11.0. The van der Waals surface area contributed by atoms with Gasteiger partial charge in [-0.15, -0.1) is 0 Å². The van der Waals surface area contributed by atoms with Crippen LogP contribution in [0.4, 0.5) is 0 Å². The second-order valence-electron chi connectivity index (χ2n) is 3.88. The van der Waals surface area contributed by atoms with E-state index in [1.807, 2.05) is 0 Å². The Bertz CT molecular complexity index is 649. The van der Waals surface area contributed by atoms with Crippen LogP contribution in [0.25, 0.3) is 0 Å². The predicted molar refractivity (Wildman–Crippen MR) is 71.0 cm³/mol. The summed E-state index contributed by atoms with van der Waals surface area (Å²) in [5.41, 5.74) is 0.407. The molecule has 1 aromatic carbocycles. The third-order valence-corrected chi connectivity index (χ3v) is 2.76. The molecule has 2 aromatic rings. The summed E-state index contributed by atoms with van der Waals surface area (Å²) in [6.45, 7) is 0. The number of ether oxygens (including phenoxy) is 2. The number of hydrogen-bond donors (Lipinski definition) is 0. The van der Waals surface area contributed by atoms with Gasteiger partial charge < -0.3 is 9.47 Å². The highest BCUT2D eigenvalue weighted by atomic mass is 35.5. The fraction of sp³-hybridized carbons (Fsp3) is 0.154. The molecule has 1 heterocycles. The van der Waals surface area contributed by atoms with Crippen LogP contribution in [0.1, 0.15) is 20.8 Å². The number of halogens is 1. The highest BCUT2D eigenvalue weighted by Crippen LogP contribution is 2.16. The molecule has 0 radical (unpaired) electrons. The summed E-state index contributed by atoms with van der Waals surface area (Å²) >= 11 is 5.74. The van der Waals surface area contributed by atoms with Crippen molar-refractivity contribution >= 4 is 23.5 Å². The van der Waals surface area contributed by atoms with Crippen molar-refractivity contribution in [3.63, 3.8) is 0 Å². The molecule has 7 heteroatoms. The van der Waals surface area contributed by atoms with E-state index in [4.69, 9.17) is 16.3 Å². The molecule has 104 valence electrons. The maximum absolute atomic E-state index is 11.9. The third kappa shape index (κ3) is 2.97. The Labute approximate surface area is 119 Å². The van der Waals surface area contributed by atoms with Gasteiger partial charge in [0.15, 0.2) is 5.69 Å². The van der Waals surface area contributed by atoms with Crippen LogP contribution in [-0.2, 0) is 11.8 Å². The van der Waals surface area contributed by atoms with Crippen LogP contribution in [0.15, 0.2) is 30.3 Å². The van der Waals surface area contributed by atoms with Gasteiger partial charge in [-0.05, 0) is 24.3 Å². The number of carbonyl (C=O) groups is 2. The second-order valence-corrected chi connectivity index (χ2v) is 4.32. The molecule has 0 spiro atoms. The van der Waals surface area contributed by atoms with E-state index in [0.717, 1.165) is 0 Å². The van der Waals surface area contributed by atoms with Gasteiger partial charge in [-0.3, -0.25) is 0 Å². The zero-order valence-corrected chi connectivity index (χ0v) is 11.5. The molecule has 2 rings (SSSR count). The molecule has 0 aliphatic rings. The van der Waals surface area contributed by atoms with Crippen molar-refractivity contribution < 1.29 is 19.1 Å². The van der Waals surface area contributed by atoms with E-state index in [1.54, 1.807) is 31.3 Å². The Morgan fingerprint density at radius 2 is 1.85 bits per heavy atom. The van der Waals surface area contributed by atoms with Crippen LogP contribution in [0.2, 0.25) is 5.02 Å². The molecule has 0 amide bonds. The van der Waals surface area contributed by atoms with E-state index < -0.39 is 11.9 Å². The lowest BCUT2D eigenvalue weighted by molar-refractivity contribution is 0.0592. The van der Waals surface area contributed by atoms with Crippen molar-refractivity contribution in [2.45, 2.75) is 0 Å². The Morgan fingerprint density at radius 3 is 2.45 bits per heavy atom. The zero-order valence-electron chi connectivity index (χ0n) is 10.8. The van der Waals surface area contributed by atoms with Crippen molar-refractivity contribution in [3.05, 3.63) is 46.6 Å². The first-order chi connectivity index (χ1) is 9.51. The Morgan fingerprint density at radius 1 is 1.20 bits per heavy atom. The SMILES string of the molecule is COC(=O)c1cc(OC(=O)c2ccc(Cl)cc2)n(C)n1. The van der Waals surface area contributed by atoms with Gasteiger partial charge in [0.05, 0.1) is 12.7 Å². The molecule has 0 saturated heterocycles. The number of rotatable bonds is 3. The van der Waals surface area contributed by atoms with Gasteiger partial charge in [-0.25, -0.2) is 14.3 Å². The minimum atomic E-state index is -0.602. The molecule has 6 nitrogen and oxygen atoms in total. The Balaban J connectivity index is 2.17. The lowest BCUT2D eigenvalue weighted by Gasteiger charge is -2.03. The maximum atomic E-state index is 11.9. The van der Waals surface area contributed by atoms with E-state index in [1.165, 1.54) is 17.9 Å². The largest absolute Gasteiger partial charge is 0.464 e. The zero-order chi connectivity index (χ0) is 14.7. The fourth-order valence-electron chi connectivity index (χ4n) is 1.49. The number of methoxy groups -OCH3 is 1. The van der Waals surface area contributed by atoms with Gasteiger partial charge in [-0.2, -0.15) is 5.10 Å². The number of esters is 2. The summed E-state index contributed by atoms with van der Waals surface area (Å²) in [6, 6.07) is 7.59. The van der Waals surface area contributed by atoms with E-state index in [-0.39, 0.29) is 11.6 Å². The van der Waals surface area contributed by atoms with Gasteiger partial charge >= 0.3 is 11.9 Å². The molecule has 0 aliphatic heterocycles. The molecule has 1 aromatic heterocycles. The molecule has 0 N–H and O–H groups in total. The molecule has 0 fully saturated rings. The normalized spacial score (nSPS) is 10.2. The quantitative estimate of drug-likeness (QED) is 0.811. The average Bonchev–Trinajstić information content (AvgIpc) is 2.80. The lowest BCUT2D eigenvalue weighted by atomic mass is 10.2. The van der Waals surface area contributed by atoms with Gasteiger partial charge in [-0.1, -0.05) is 11.6 Å². The molecule has 20 heavy (non-hydrogen) atoms.